The van der Waals surface area contributed by atoms with E-state index in [1.165, 1.54) is 0 Å². The average molecular weight is 339 g/mol. The van der Waals surface area contributed by atoms with E-state index in [1.54, 1.807) is 6.20 Å². The third kappa shape index (κ3) is 2.74. The topological polar surface area (TPSA) is 39.1 Å². The lowest BCUT2D eigenvalue weighted by atomic mass is 9.98. The first-order valence-corrected chi connectivity index (χ1v) is 8.48. The minimum atomic E-state index is -0.500. The fourth-order valence-electron chi connectivity index (χ4n) is 3.46. The van der Waals surface area contributed by atoms with Crippen LogP contribution >= 0.6 is 0 Å². The van der Waals surface area contributed by atoms with E-state index in [0.29, 0.717) is 11.8 Å². The monoisotopic (exact) mass is 339 g/mol. The lowest BCUT2D eigenvalue weighted by Gasteiger charge is -2.21. The number of benzene rings is 3. The van der Waals surface area contributed by atoms with Crippen LogP contribution in [0.1, 0.15) is 27.5 Å². The predicted octanol–water partition coefficient (Wildman–Crippen LogP) is 4.66. The summed E-state index contributed by atoms with van der Waals surface area (Å²) in [6, 6.07) is 27.9. The van der Waals surface area contributed by atoms with Gasteiger partial charge in [-0.25, -0.2) is 0 Å². The second-order valence-corrected chi connectivity index (χ2v) is 6.17. The van der Waals surface area contributed by atoms with Crippen molar-refractivity contribution in [1.82, 2.24) is 4.57 Å². The molecule has 0 aliphatic heterocycles. The maximum absolute atomic E-state index is 12.2. The van der Waals surface area contributed by atoms with Crippen LogP contribution in [0.5, 0.6) is 0 Å². The summed E-state index contributed by atoms with van der Waals surface area (Å²) in [6.07, 6.45) is 2.18. The smallest absolute Gasteiger partial charge is 0.227 e. The van der Waals surface area contributed by atoms with E-state index >= 15 is 0 Å². The highest BCUT2D eigenvalue weighted by Crippen LogP contribution is 2.32. The fraction of sp³-hybridized carbons (Fsp3) is 0.0435. The van der Waals surface area contributed by atoms with Crippen molar-refractivity contribution in [3.05, 3.63) is 108 Å². The van der Waals surface area contributed by atoms with E-state index < -0.39 is 5.78 Å². The fourth-order valence-corrected chi connectivity index (χ4v) is 3.46. The summed E-state index contributed by atoms with van der Waals surface area (Å²) < 4.78 is 2.08. The quantitative estimate of drug-likeness (QED) is 0.301. The normalized spacial score (nSPS) is 11.0. The number of rotatable bonds is 5. The van der Waals surface area contributed by atoms with Gasteiger partial charge in [0, 0.05) is 17.1 Å². The Morgan fingerprint density at radius 3 is 1.88 bits per heavy atom. The number of para-hydroxylation sites is 1. The number of ketones is 1. The lowest BCUT2D eigenvalue weighted by molar-refractivity contribution is -0.104. The number of Topliss-reactive ketones (excluding diaryl/α,β-unsaturated/α-hetero) is 1. The van der Waals surface area contributed by atoms with Crippen molar-refractivity contribution in [3.8, 4) is 0 Å². The van der Waals surface area contributed by atoms with E-state index in [4.69, 9.17) is 0 Å². The van der Waals surface area contributed by atoms with Gasteiger partial charge in [-0.3, -0.25) is 9.59 Å². The number of carbonyl (C=O) groups excluding carboxylic acids is 2. The number of hydrogen-bond donors (Lipinski definition) is 0. The van der Waals surface area contributed by atoms with Crippen molar-refractivity contribution in [2.45, 2.75) is 6.04 Å². The summed E-state index contributed by atoms with van der Waals surface area (Å²) in [7, 11) is 0. The van der Waals surface area contributed by atoms with Crippen LogP contribution in [-0.4, -0.2) is 16.6 Å². The molecule has 0 aliphatic rings. The molecule has 3 aromatic carbocycles. The molecule has 1 aromatic heterocycles. The van der Waals surface area contributed by atoms with Gasteiger partial charge in [0.1, 0.15) is 0 Å². The number of nitrogens with zero attached hydrogens (tertiary/aromatic N) is 1. The zero-order valence-corrected chi connectivity index (χ0v) is 14.1. The summed E-state index contributed by atoms with van der Waals surface area (Å²) in [5, 5.41) is 0.793. The highest BCUT2D eigenvalue weighted by atomic mass is 16.2. The van der Waals surface area contributed by atoms with Gasteiger partial charge < -0.3 is 4.57 Å². The first-order valence-electron chi connectivity index (χ1n) is 8.48. The van der Waals surface area contributed by atoms with E-state index in [0.717, 1.165) is 22.0 Å². The molecule has 0 N–H and O–H groups in total. The Morgan fingerprint density at radius 1 is 0.769 bits per heavy atom. The maximum Gasteiger partial charge on any atom is 0.227 e. The molecule has 0 radical (unpaired) electrons. The van der Waals surface area contributed by atoms with Gasteiger partial charge in [-0.05, 0) is 17.2 Å². The van der Waals surface area contributed by atoms with Crippen molar-refractivity contribution in [3.63, 3.8) is 0 Å². The maximum atomic E-state index is 12.2. The molecule has 126 valence electrons. The van der Waals surface area contributed by atoms with Crippen LogP contribution in [0.25, 0.3) is 10.9 Å². The molecule has 0 amide bonds. The van der Waals surface area contributed by atoms with Gasteiger partial charge in [0.05, 0.1) is 11.6 Å². The van der Waals surface area contributed by atoms with Crippen molar-refractivity contribution >= 4 is 23.0 Å². The van der Waals surface area contributed by atoms with E-state index in [-0.39, 0.29) is 6.04 Å². The molecule has 0 unspecified atom stereocenters. The van der Waals surface area contributed by atoms with Crippen LogP contribution in [0.3, 0.4) is 0 Å². The van der Waals surface area contributed by atoms with Crippen LogP contribution in [0.4, 0.5) is 0 Å². The molecule has 0 aliphatic carbocycles. The Labute approximate surface area is 151 Å². The first kappa shape index (κ1) is 16.0. The van der Waals surface area contributed by atoms with Crippen molar-refractivity contribution in [2.75, 3.05) is 0 Å². The van der Waals surface area contributed by atoms with E-state index in [2.05, 4.69) is 28.8 Å². The van der Waals surface area contributed by atoms with E-state index in [9.17, 15) is 9.59 Å². The molecular weight excluding hydrogens is 322 g/mol. The number of aromatic nitrogens is 1. The molecule has 0 spiro atoms. The second-order valence-electron chi connectivity index (χ2n) is 6.17. The molecule has 3 heteroatoms. The summed E-state index contributed by atoms with van der Waals surface area (Å²) in [5.41, 5.74) is 3.59. The largest absolute Gasteiger partial charge is 0.335 e. The van der Waals surface area contributed by atoms with Crippen molar-refractivity contribution in [2.24, 2.45) is 0 Å². The molecule has 0 bridgehead atoms. The van der Waals surface area contributed by atoms with Gasteiger partial charge in [-0.15, -0.1) is 0 Å². The number of aldehydes is 1. The highest BCUT2D eigenvalue weighted by Gasteiger charge is 2.21. The zero-order valence-electron chi connectivity index (χ0n) is 14.1. The summed E-state index contributed by atoms with van der Waals surface area (Å²) in [5.74, 6) is -0.500. The molecule has 4 rings (SSSR count). The summed E-state index contributed by atoms with van der Waals surface area (Å²) >= 11 is 0. The molecule has 4 aromatic rings. The molecule has 26 heavy (non-hydrogen) atoms. The molecule has 0 atom stereocenters. The van der Waals surface area contributed by atoms with Crippen LogP contribution < -0.4 is 0 Å². The number of hydrogen-bond acceptors (Lipinski definition) is 2. The molecule has 1 heterocycles. The minimum absolute atomic E-state index is 0.0875. The van der Waals surface area contributed by atoms with Gasteiger partial charge >= 0.3 is 0 Å². The number of carbonyl (C=O) groups is 2. The van der Waals surface area contributed by atoms with Crippen LogP contribution in [0.15, 0.2) is 91.1 Å². The molecule has 0 fully saturated rings. The number of fused-ring (bicyclic) bond motifs is 1. The van der Waals surface area contributed by atoms with Crippen LogP contribution in [0, 0.1) is 0 Å². The summed E-state index contributed by atoms with van der Waals surface area (Å²) in [4.78, 5) is 23.3. The average Bonchev–Trinajstić information content (AvgIpc) is 3.09. The van der Waals surface area contributed by atoms with Crippen LogP contribution in [0.2, 0.25) is 0 Å². The third-order valence-electron chi connectivity index (χ3n) is 4.62. The van der Waals surface area contributed by atoms with Gasteiger partial charge in [0.2, 0.25) is 5.78 Å². The minimum Gasteiger partial charge on any atom is -0.335 e. The Kier molecular flexibility index (Phi) is 4.20. The highest BCUT2D eigenvalue weighted by molar-refractivity contribution is 6.36. The Bertz CT molecular complexity index is 1030. The zero-order chi connectivity index (χ0) is 17.9. The van der Waals surface area contributed by atoms with E-state index in [1.807, 2.05) is 60.7 Å². The van der Waals surface area contributed by atoms with Gasteiger partial charge in [-0.2, -0.15) is 0 Å². The third-order valence-corrected chi connectivity index (χ3v) is 4.62. The first-order chi connectivity index (χ1) is 12.8. The molecule has 0 saturated carbocycles. The van der Waals surface area contributed by atoms with Crippen molar-refractivity contribution < 1.29 is 9.59 Å². The van der Waals surface area contributed by atoms with Crippen LogP contribution in [-0.2, 0) is 4.79 Å². The van der Waals surface area contributed by atoms with Gasteiger partial charge in [0.25, 0.3) is 0 Å². The second kappa shape index (κ2) is 6.81. The van der Waals surface area contributed by atoms with Gasteiger partial charge in [0.15, 0.2) is 6.29 Å². The molecule has 3 nitrogen and oxygen atoms in total. The Morgan fingerprint density at radius 2 is 1.31 bits per heavy atom. The Hall–Kier alpha value is -3.46. The van der Waals surface area contributed by atoms with Crippen molar-refractivity contribution in [1.29, 1.82) is 0 Å². The summed E-state index contributed by atoms with van der Waals surface area (Å²) in [6.45, 7) is 0. The molecule has 0 saturated heterocycles. The lowest BCUT2D eigenvalue weighted by Crippen LogP contribution is -2.11. The molecular formula is C23H17NO2. The Balaban J connectivity index is 2.01. The van der Waals surface area contributed by atoms with Gasteiger partial charge in [-0.1, -0.05) is 78.9 Å². The predicted molar refractivity (Wildman–Crippen MR) is 102 cm³/mol. The standard InChI is InChI=1S/C23H17NO2/c25-16-22(26)20-15-24(21-14-8-7-13-19(20)21)23(17-9-3-1-4-10-17)18-11-5-2-6-12-18/h1-16,23H. The SMILES string of the molecule is O=CC(=O)c1cn(C(c2ccccc2)c2ccccc2)c2ccccc12.